The molecule has 1 N–H and O–H groups in total. The molecule has 1 heterocycles. The molecule has 29 heavy (non-hydrogen) atoms. The Morgan fingerprint density at radius 1 is 1.24 bits per heavy atom. The second kappa shape index (κ2) is 9.29. The molecule has 1 aromatic carbocycles. The van der Waals surface area contributed by atoms with Crippen LogP contribution in [0, 0.1) is 18.8 Å². The molecule has 3 atom stereocenters. The summed E-state index contributed by atoms with van der Waals surface area (Å²) in [6, 6.07) is 5.72. The molecule has 2 aliphatic rings. The Labute approximate surface area is 171 Å². The van der Waals surface area contributed by atoms with E-state index in [-0.39, 0.29) is 37.4 Å². The maximum Gasteiger partial charge on any atom is 0.311 e. The molecule has 1 saturated heterocycles. The van der Waals surface area contributed by atoms with Gasteiger partial charge >= 0.3 is 5.97 Å². The van der Waals surface area contributed by atoms with Crippen molar-refractivity contribution in [3.8, 4) is 5.75 Å². The predicted molar refractivity (Wildman–Crippen MR) is 109 cm³/mol. The van der Waals surface area contributed by atoms with Crippen molar-refractivity contribution in [2.24, 2.45) is 11.8 Å². The summed E-state index contributed by atoms with van der Waals surface area (Å²) in [7, 11) is 1.55. The second-order valence-corrected chi connectivity index (χ2v) is 8.12. The standard InChI is InChI=1S/C22H30N2O5/c1-14-8-9-19(28-3)18(10-14)24-12-16(11-21(24)26)22(27)29-13-20(25)23-17-7-5-4-6-15(17)2/h8-10,15-17H,4-7,11-13H2,1-3H3,(H,23,25)/t15-,16-,17+/m0/s1. The fourth-order valence-corrected chi connectivity index (χ4v) is 4.14. The number of nitrogens with zero attached hydrogens (tertiary/aromatic N) is 1. The summed E-state index contributed by atoms with van der Waals surface area (Å²) < 4.78 is 10.6. The fourth-order valence-electron chi connectivity index (χ4n) is 4.14. The highest BCUT2D eigenvalue weighted by Gasteiger charge is 2.37. The van der Waals surface area contributed by atoms with E-state index in [0.29, 0.717) is 17.4 Å². The number of nitrogens with one attached hydrogen (secondary N) is 1. The summed E-state index contributed by atoms with van der Waals surface area (Å²) >= 11 is 0. The summed E-state index contributed by atoms with van der Waals surface area (Å²) in [5, 5.41) is 2.97. The van der Waals surface area contributed by atoms with Crippen LogP contribution in [0.1, 0.15) is 44.6 Å². The number of rotatable bonds is 6. The average molecular weight is 402 g/mol. The molecule has 7 heteroatoms. The second-order valence-electron chi connectivity index (χ2n) is 8.12. The van der Waals surface area contributed by atoms with E-state index in [1.807, 2.05) is 19.1 Å². The van der Waals surface area contributed by atoms with Crippen LogP contribution in [0.2, 0.25) is 0 Å². The SMILES string of the molecule is COc1ccc(C)cc1N1C[C@@H](C(=O)OCC(=O)N[C@@H]2CCCC[C@@H]2C)CC1=O. The normalized spacial score (nSPS) is 24.3. The lowest BCUT2D eigenvalue weighted by atomic mass is 9.86. The minimum Gasteiger partial charge on any atom is -0.495 e. The van der Waals surface area contributed by atoms with Gasteiger partial charge in [-0.05, 0) is 43.4 Å². The lowest BCUT2D eigenvalue weighted by Crippen LogP contribution is -2.43. The molecule has 0 bridgehead atoms. The Kier molecular flexibility index (Phi) is 6.77. The third-order valence-electron chi connectivity index (χ3n) is 5.89. The first-order valence-electron chi connectivity index (χ1n) is 10.3. The summed E-state index contributed by atoms with van der Waals surface area (Å²) in [5.41, 5.74) is 1.64. The molecule has 2 amide bonds. The first kappa shape index (κ1) is 21.1. The summed E-state index contributed by atoms with van der Waals surface area (Å²) in [4.78, 5) is 38.6. The number of carbonyl (C=O) groups excluding carboxylic acids is 3. The van der Waals surface area contributed by atoms with Crippen LogP contribution in [0.3, 0.4) is 0 Å². The van der Waals surface area contributed by atoms with E-state index in [0.717, 1.165) is 24.8 Å². The van der Waals surface area contributed by atoms with Gasteiger partial charge in [-0.3, -0.25) is 14.4 Å². The van der Waals surface area contributed by atoms with Gasteiger partial charge in [0.1, 0.15) is 5.75 Å². The lowest BCUT2D eigenvalue weighted by Gasteiger charge is -2.29. The maximum atomic E-state index is 12.5. The summed E-state index contributed by atoms with van der Waals surface area (Å²) in [6.07, 6.45) is 4.44. The topological polar surface area (TPSA) is 84.9 Å². The first-order chi connectivity index (χ1) is 13.9. The van der Waals surface area contributed by atoms with Crippen molar-refractivity contribution in [3.63, 3.8) is 0 Å². The molecule has 1 aromatic rings. The van der Waals surface area contributed by atoms with E-state index in [1.54, 1.807) is 18.1 Å². The van der Waals surface area contributed by atoms with Gasteiger partial charge in [0.2, 0.25) is 5.91 Å². The van der Waals surface area contributed by atoms with Gasteiger partial charge in [-0.15, -0.1) is 0 Å². The molecule has 2 fully saturated rings. The molecule has 0 spiro atoms. The van der Waals surface area contributed by atoms with Crippen molar-refractivity contribution in [1.82, 2.24) is 5.32 Å². The largest absolute Gasteiger partial charge is 0.495 e. The van der Waals surface area contributed by atoms with Gasteiger partial charge in [-0.2, -0.15) is 0 Å². The van der Waals surface area contributed by atoms with Crippen LogP contribution in [0.5, 0.6) is 5.75 Å². The molecule has 0 radical (unpaired) electrons. The van der Waals surface area contributed by atoms with Crippen LogP contribution in [-0.4, -0.2) is 44.1 Å². The molecule has 1 aliphatic heterocycles. The van der Waals surface area contributed by atoms with Crippen LogP contribution < -0.4 is 15.0 Å². The highest BCUT2D eigenvalue weighted by Crippen LogP contribution is 2.34. The third-order valence-corrected chi connectivity index (χ3v) is 5.89. The van der Waals surface area contributed by atoms with Gasteiger partial charge in [0, 0.05) is 19.0 Å². The van der Waals surface area contributed by atoms with Crippen LogP contribution in [0.4, 0.5) is 5.69 Å². The molecule has 0 aromatic heterocycles. The maximum absolute atomic E-state index is 12.5. The Morgan fingerprint density at radius 3 is 2.72 bits per heavy atom. The number of aryl methyl sites for hydroxylation is 1. The Hall–Kier alpha value is -2.57. The highest BCUT2D eigenvalue weighted by atomic mass is 16.5. The average Bonchev–Trinajstić information content (AvgIpc) is 3.09. The first-order valence-corrected chi connectivity index (χ1v) is 10.3. The molecule has 1 saturated carbocycles. The monoisotopic (exact) mass is 402 g/mol. The quantitative estimate of drug-likeness (QED) is 0.740. The summed E-state index contributed by atoms with van der Waals surface area (Å²) in [5.74, 6) is -0.518. The van der Waals surface area contributed by atoms with Gasteiger partial charge < -0.3 is 19.7 Å². The van der Waals surface area contributed by atoms with E-state index >= 15 is 0 Å². The van der Waals surface area contributed by atoms with Crippen molar-refractivity contribution in [2.75, 3.05) is 25.2 Å². The van der Waals surface area contributed by atoms with Crippen molar-refractivity contribution in [2.45, 2.75) is 52.0 Å². The molecular formula is C22H30N2O5. The Morgan fingerprint density at radius 2 is 2.00 bits per heavy atom. The van der Waals surface area contributed by atoms with Crippen molar-refractivity contribution < 1.29 is 23.9 Å². The number of anilines is 1. The van der Waals surface area contributed by atoms with E-state index in [9.17, 15) is 14.4 Å². The van der Waals surface area contributed by atoms with E-state index in [1.165, 1.54) is 6.42 Å². The van der Waals surface area contributed by atoms with Gasteiger partial charge in [0.05, 0.1) is 18.7 Å². The van der Waals surface area contributed by atoms with E-state index in [2.05, 4.69) is 12.2 Å². The molecule has 0 unspecified atom stereocenters. The highest BCUT2D eigenvalue weighted by molar-refractivity contribution is 6.00. The van der Waals surface area contributed by atoms with Crippen molar-refractivity contribution in [1.29, 1.82) is 0 Å². The van der Waals surface area contributed by atoms with Gasteiger partial charge in [0.15, 0.2) is 6.61 Å². The van der Waals surface area contributed by atoms with Crippen LogP contribution in [0.25, 0.3) is 0 Å². The lowest BCUT2D eigenvalue weighted by molar-refractivity contribution is -0.152. The number of carbonyl (C=O) groups is 3. The number of hydrogen-bond acceptors (Lipinski definition) is 5. The molecule has 7 nitrogen and oxygen atoms in total. The Bertz CT molecular complexity index is 778. The number of benzene rings is 1. The molecule has 3 rings (SSSR count). The predicted octanol–water partition coefficient (Wildman–Crippen LogP) is 2.59. The fraction of sp³-hybridized carbons (Fsp3) is 0.591. The number of amides is 2. The summed E-state index contributed by atoms with van der Waals surface area (Å²) in [6.45, 7) is 3.98. The zero-order chi connectivity index (χ0) is 21.0. The number of esters is 1. The minimum atomic E-state index is -0.589. The zero-order valence-electron chi connectivity index (χ0n) is 17.4. The van der Waals surface area contributed by atoms with Gasteiger partial charge in [0.25, 0.3) is 5.91 Å². The smallest absolute Gasteiger partial charge is 0.311 e. The van der Waals surface area contributed by atoms with Crippen LogP contribution in [-0.2, 0) is 19.1 Å². The van der Waals surface area contributed by atoms with Gasteiger partial charge in [-0.1, -0.05) is 25.8 Å². The van der Waals surface area contributed by atoms with Crippen LogP contribution in [0.15, 0.2) is 18.2 Å². The Balaban J connectivity index is 1.54. The minimum absolute atomic E-state index is 0.0667. The molecule has 158 valence electrons. The number of hydrogen-bond donors (Lipinski definition) is 1. The van der Waals surface area contributed by atoms with Crippen molar-refractivity contribution in [3.05, 3.63) is 23.8 Å². The third kappa shape index (κ3) is 5.08. The molecular weight excluding hydrogens is 372 g/mol. The number of methoxy groups -OCH3 is 1. The number of ether oxygens (including phenoxy) is 2. The van der Waals surface area contributed by atoms with E-state index < -0.39 is 11.9 Å². The van der Waals surface area contributed by atoms with Crippen molar-refractivity contribution >= 4 is 23.5 Å². The van der Waals surface area contributed by atoms with Gasteiger partial charge in [-0.25, -0.2) is 0 Å². The molecule has 1 aliphatic carbocycles. The van der Waals surface area contributed by atoms with E-state index in [4.69, 9.17) is 9.47 Å². The van der Waals surface area contributed by atoms with Crippen LogP contribution >= 0.6 is 0 Å². The zero-order valence-corrected chi connectivity index (χ0v) is 17.4.